The second kappa shape index (κ2) is 8.03. The van der Waals surface area contributed by atoms with Crippen LogP contribution < -0.4 is 5.32 Å². The molecular weight excluding hydrogens is 216 g/mol. The van der Waals surface area contributed by atoms with Crippen LogP contribution in [0.1, 0.15) is 33.1 Å². The van der Waals surface area contributed by atoms with E-state index in [9.17, 15) is 5.11 Å². The fourth-order valence-electron chi connectivity index (χ4n) is 2.57. The van der Waals surface area contributed by atoms with Gasteiger partial charge in [-0.1, -0.05) is 13.8 Å². The van der Waals surface area contributed by atoms with Gasteiger partial charge < -0.3 is 20.1 Å². The lowest BCUT2D eigenvalue weighted by Crippen LogP contribution is -2.44. The van der Waals surface area contributed by atoms with E-state index >= 15 is 0 Å². The molecule has 4 nitrogen and oxygen atoms in total. The average Bonchev–Trinajstić information content (AvgIpc) is 2.80. The molecule has 1 saturated carbocycles. The van der Waals surface area contributed by atoms with E-state index < -0.39 is 0 Å². The van der Waals surface area contributed by atoms with Crippen molar-refractivity contribution in [3.63, 3.8) is 0 Å². The first-order chi connectivity index (χ1) is 8.21. The van der Waals surface area contributed by atoms with Crippen LogP contribution in [0.5, 0.6) is 0 Å². The van der Waals surface area contributed by atoms with Crippen molar-refractivity contribution in [3.05, 3.63) is 0 Å². The number of nitrogens with zero attached hydrogens (tertiary/aromatic N) is 1. The Hall–Kier alpha value is -0.160. The van der Waals surface area contributed by atoms with Gasteiger partial charge in [-0.05, 0) is 32.4 Å². The molecule has 3 unspecified atom stereocenters. The molecular formula is C13H28N2O2. The minimum Gasteiger partial charge on any atom is -0.390 e. The van der Waals surface area contributed by atoms with Gasteiger partial charge in [-0.25, -0.2) is 0 Å². The van der Waals surface area contributed by atoms with Crippen molar-refractivity contribution in [3.8, 4) is 0 Å². The van der Waals surface area contributed by atoms with Crippen LogP contribution in [0.3, 0.4) is 0 Å². The van der Waals surface area contributed by atoms with Crippen LogP contribution in [0.15, 0.2) is 0 Å². The number of hydrogen-bond donors (Lipinski definition) is 2. The zero-order valence-electron chi connectivity index (χ0n) is 11.5. The predicted octanol–water partition coefficient (Wildman–Crippen LogP) is 0.846. The number of rotatable bonds is 8. The van der Waals surface area contributed by atoms with Gasteiger partial charge in [0.05, 0.1) is 12.2 Å². The molecule has 0 aromatic heterocycles. The first-order valence-corrected chi connectivity index (χ1v) is 6.87. The summed E-state index contributed by atoms with van der Waals surface area (Å²) in [6.07, 6.45) is 3.57. The highest BCUT2D eigenvalue weighted by Crippen LogP contribution is 2.21. The minimum absolute atomic E-state index is 0.284. The van der Waals surface area contributed by atoms with Gasteiger partial charge in [0.15, 0.2) is 0 Å². The van der Waals surface area contributed by atoms with E-state index in [2.05, 4.69) is 24.1 Å². The van der Waals surface area contributed by atoms with E-state index in [0.717, 1.165) is 32.5 Å². The van der Waals surface area contributed by atoms with Crippen molar-refractivity contribution in [1.29, 1.82) is 0 Å². The fraction of sp³-hybridized carbons (Fsp3) is 1.00. The molecule has 0 saturated heterocycles. The first-order valence-electron chi connectivity index (χ1n) is 6.87. The molecule has 0 radical (unpaired) electrons. The highest BCUT2D eigenvalue weighted by Gasteiger charge is 2.27. The summed E-state index contributed by atoms with van der Waals surface area (Å²) in [4.78, 5) is 2.24. The Morgan fingerprint density at radius 2 is 2.06 bits per heavy atom. The second-order valence-electron chi connectivity index (χ2n) is 4.86. The molecule has 17 heavy (non-hydrogen) atoms. The number of aliphatic hydroxyl groups excluding tert-OH is 1. The number of nitrogens with one attached hydrogen (secondary N) is 1. The zero-order valence-corrected chi connectivity index (χ0v) is 11.5. The van der Waals surface area contributed by atoms with Crippen LogP contribution in [0.2, 0.25) is 0 Å². The third-order valence-electron chi connectivity index (χ3n) is 3.73. The Kier molecular flexibility index (Phi) is 7.04. The van der Waals surface area contributed by atoms with Gasteiger partial charge in [0, 0.05) is 26.2 Å². The van der Waals surface area contributed by atoms with Crippen LogP contribution >= 0.6 is 0 Å². The summed E-state index contributed by atoms with van der Waals surface area (Å²) in [7, 11) is 1.77. The summed E-state index contributed by atoms with van der Waals surface area (Å²) in [6, 6.07) is 0.423. The fourth-order valence-corrected chi connectivity index (χ4v) is 2.57. The molecule has 0 amide bonds. The third-order valence-corrected chi connectivity index (χ3v) is 3.73. The Morgan fingerprint density at radius 3 is 2.65 bits per heavy atom. The van der Waals surface area contributed by atoms with Crippen LogP contribution in [-0.4, -0.2) is 61.5 Å². The smallest absolute Gasteiger partial charge is 0.0791 e. The Labute approximate surface area is 105 Å². The van der Waals surface area contributed by atoms with Crippen molar-refractivity contribution in [1.82, 2.24) is 10.2 Å². The van der Waals surface area contributed by atoms with Gasteiger partial charge in [-0.15, -0.1) is 0 Å². The summed E-state index contributed by atoms with van der Waals surface area (Å²) in [5, 5.41) is 13.4. The molecule has 3 atom stereocenters. The molecule has 1 rings (SSSR count). The molecule has 0 spiro atoms. The van der Waals surface area contributed by atoms with Crippen molar-refractivity contribution in [2.45, 2.75) is 51.4 Å². The van der Waals surface area contributed by atoms with Crippen molar-refractivity contribution in [2.24, 2.45) is 0 Å². The summed E-state index contributed by atoms with van der Waals surface area (Å²) < 4.78 is 5.42. The lowest BCUT2D eigenvalue weighted by atomic mass is 10.2. The van der Waals surface area contributed by atoms with Crippen molar-refractivity contribution < 1.29 is 9.84 Å². The third kappa shape index (κ3) is 4.92. The van der Waals surface area contributed by atoms with Gasteiger partial charge in [0.25, 0.3) is 0 Å². The number of ether oxygens (including phenoxy) is 1. The summed E-state index contributed by atoms with van der Waals surface area (Å²) in [5.74, 6) is 0. The molecule has 102 valence electrons. The largest absolute Gasteiger partial charge is 0.390 e. The highest BCUT2D eigenvalue weighted by atomic mass is 16.5. The van der Waals surface area contributed by atoms with Gasteiger partial charge in [-0.2, -0.15) is 0 Å². The maximum Gasteiger partial charge on any atom is 0.0791 e. The molecule has 0 aromatic rings. The first kappa shape index (κ1) is 14.9. The van der Waals surface area contributed by atoms with Crippen molar-refractivity contribution >= 4 is 0 Å². The van der Waals surface area contributed by atoms with Gasteiger partial charge in [0.2, 0.25) is 0 Å². The maximum absolute atomic E-state index is 9.96. The minimum atomic E-state index is -0.284. The highest BCUT2D eigenvalue weighted by molar-refractivity contribution is 4.84. The Balaban J connectivity index is 2.20. The summed E-state index contributed by atoms with van der Waals surface area (Å²) in [6.45, 7) is 7.67. The quantitative estimate of drug-likeness (QED) is 0.664. The van der Waals surface area contributed by atoms with E-state index in [1.54, 1.807) is 7.11 Å². The lowest BCUT2D eigenvalue weighted by molar-refractivity contribution is 0.0717. The molecule has 1 fully saturated rings. The van der Waals surface area contributed by atoms with E-state index in [4.69, 9.17) is 4.74 Å². The SMILES string of the molecule is CCN(CC)CC(O)CNC1CCCC1OC. The predicted molar refractivity (Wildman–Crippen MR) is 70.2 cm³/mol. The molecule has 1 aliphatic rings. The van der Waals surface area contributed by atoms with E-state index in [1.165, 1.54) is 6.42 Å². The second-order valence-corrected chi connectivity index (χ2v) is 4.86. The molecule has 0 heterocycles. The zero-order chi connectivity index (χ0) is 12.7. The van der Waals surface area contributed by atoms with E-state index in [1.807, 2.05) is 0 Å². The summed E-state index contributed by atoms with van der Waals surface area (Å²) >= 11 is 0. The maximum atomic E-state index is 9.96. The van der Waals surface area contributed by atoms with Gasteiger partial charge in [-0.3, -0.25) is 0 Å². The molecule has 0 aromatic carbocycles. The normalized spacial score (nSPS) is 26.6. The molecule has 2 N–H and O–H groups in total. The molecule has 0 bridgehead atoms. The number of aliphatic hydroxyl groups is 1. The Morgan fingerprint density at radius 1 is 1.35 bits per heavy atom. The number of likely N-dealkylation sites (N-methyl/N-ethyl adjacent to an activating group) is 1. The van der Waals surface area contributed by atoms with Crippen LogP contribution in [-0.2, 0) is 4.74 Å². The molecule has 4 heteroatoms. The number of methoxy groups -OCH3 is 1. The van der Waals surface area contributed by atoms with Crippen molar-refractivity contribution in [2.75, 3.05) is 33.3 Å². The van der Waals surface area contributed by atoms with Crippen LogP contribution in [0, 0.1) is 0 Å². The van der Waals surface area contributed by atoms with Crippen LogP contribution in [0.4, 0.5) is 0 Å². The average molecular weight is 244 g/mol. The van der Waals surface area contributed by atoms with E-state index in [0.29, 0.717) is 18.7 Å². The molecule has 1 aliphatic carbocycles. The Bertz CT molecular complexity index is 198. The monoisotopic (exact) mass is 244 g/mol. The van der Waals surface area contributed by atoms with E-state index in [-0.39, 0.29) is 6.10 Å². The van der Waals surface area contributed by atoms with Crippen LogP contribution in [0.25, 0.3) is 0 Å². The number of hydrogen-bond acceptors (Lipinski definition) is 4. The topological polar surface area (TPSA) is 44.7 Å². The molecule has 0 aliphatic heterocycles. The van der Waals surface area contributed by atoms with Gasteiger partial charge >= 0.3 is 0 Å². The standard InChI is InChI=1S/C13H28N2O2/c1-4-15(5-2)10-11(16)9-14-12-7-6-8-13(12)17-3/h11-14,16H,4-10H2,1-3H3. The summed E-state index contributed by atoms with van der Waals surface area (Å²) in [5.41, 5.74) is 0. The van der Waals surface area contributed by atoms with Gasteiger partial charge in [0.1, 0.15) is 0 Å². The lowest BCUT2D eigenvalue weighted by Gasteiger charge is -2.25.